The van der Waals surface area contributed by atoms with Crippen molar-refractivity contribution in [3.8, 4) is 5.75 Å². The fraction of sp³-hybridized carbons (Fsp3) is 0.450. The van der Waals surface area contributed by atoms with Gasteiger partial charge in [-0.05, 0) is 54.6 Å². The van der Waals surface area contributed by atoms with Crippen molar-refractivity contribution in [2.24, 2.45) is 17.8 Å². The summed E-state index contributed by atoms with van der Waals surface area (Å²) < 4.78 is 5.36. The van der Waals surface area contributed by atoms with Crippen LogP contribution in [0, 0.1) is 17.8 Å². The normalized spacial score (nSPS) is 30.2. The molecule has 0 aliphatic carbocycles. The van der Waals surface area contributed by atoms with E-state index in [1.54, 1.807) is 13.3 Å². The number of benzene rings is 1. The molecule has 24 heavy (non-hydrogen) atoms. The van der Waals surface area contributed by atoms with Gasteiger partial charge in [0.15, 0.2) is 0 Å². The van der Waals surface area contributed by atoms with Gasteiger partial charge in [-0.1, -0.05) is 6.08 Å². The Morgan fingerprint density at radius 1 is 1.38 bits per heavy atom. The Hall–Kier alpha value is -1.91. The largest absolute Gasteiger partial charge is 0.497 e. The first-order chi connectivity index (χ1) is 11.7. The third-order valence-electron chi connectivity index (χ3n) is 5.83. The van der Waals surface area contributed by atoms with Crippen molar-refractivity contribution >= 4 is 10.9 Å². The summed E-state index contributed by atoms with van der Waals surface area (Å²) in [7, 11) is 1.66. The van der Waals surface area contributed by atoms with Crippen LogP contribution in [-0.4, -0.2) is 41.7 Å². The van der Waals surface area contributed by atoms with E-state index in [-0.39, 0.29) is 5.92 Å². The van der Waals surface area contributed by atoms with Gasteiger partial charge in [0.1, 0.15) is 5.75 Å². The van der Waals surface area contributed by atoms with Crippen molar-refractivity contribution < 1.29 is 9.84 Å². The summed E-state index contributed by atoms with van der Waals surface area (Å²) in [5.41, 5.74) is 1.86. The molecular formula is C20H24N2O2. The monoisotopic (exact) mass is 324 g/mol. The Morgan fingerprint density at radius 3 is 3.00 bits per heavy atom. The van der Waals surface area contributed by atoms with Crippen LogP contribution >= 0.6 is 0 Å². The Kier molecular flexibility index (Phi) is 4.02. The topological polar surface area (TPSA) is 45.6 Å². The molecule has 1 N–H and O–H groups in total. The SMILES string of the molecule is C=C[C@@H]1CN2CC[C@H]1[C@@H]([C@H](O)c1ccnc3ccc(OC)cc13)C2. The number of piperidine rings is 3. The lowest BCUT2D eigenvalue weighted by Crippen LogP contribution is -2.53. The van der Waals surface area contributed by atoms with Crippen LogP contribution in [0.3, 0.4) is 0 Å². The van der Waals surface area contributed by atoms with E-state index >= 15 is 0 Å². The van der Waals surface area contributed by atoms with Crippen LogP contribution < -0.4 is 4.74 Å². The first-order valence-electron chi connectivity index (χ1n) is 8.67. The van der Waals surface area contributed by atoms with Gasteiger partial charge in [0, 0.05) is 30.6 Å². The lowest BCUT2D eigenvalue weighted by Gasteiger charge is -2.50. The number of aliphatic hydroxyl groups is 1. The summed E-state index contributed by atoms with van der Waals surface area (Å²) in [6.45, 7) is 7.20. The van der Waals surface area contributed by atoms with E-state index in [2.05, 4.69) is 22.5 Å². The van der Waals surface area contributed by atoms with Crippen molar-refractivity contribution in [2.45, 2.75) is 12.5 Å². The maximum Gasteiger partial charge on any atom is 0.119 e. The highest BCUT2D eigenvalue weighted by molar-refractivity contribution is 5.83. The minimum atomic E-state index is -0.488. The fourth-order valence-corrected chi connectivity index (χ4v) is 4.55. The summed E-state index contributed by atoms with van der Waals surface area (Å²) in [6, 6.07) is 7.79. The summed E-state index contributed by atoms with van der Waals surface area (Å²) in [4.78, 5) is 6.89. The molecule has 4 heterocycles. The molecule has 2 aromatic rings. The quantitative estimate of drug-likeness (QED) is 0.878. The first-order valence-corrected chi connectivity index (χ1v) is 8.67. The van der Waals surface area contributed by atoms with E-state index in [0.717, 1.165) is 48.3 Å². The summed E-state index contributed by atoms with van der Waals surface area (Å²) in [5, 5.41) is 12.2. The number of pyridine rings is 1. The number of ether oxygens (including phenoxy) is 1. The molecule has 1 aromatic carbocycles. The van der Waals surface area contributed by atoms with Gasteiger partial charge in [-0.25, -0.2) is 0 Å². The molecule has 1 unspecified atom stereocenters. The lowest BCUT2D eigenvalue weighted by atomic mass is 9.69. The molecule has 2 bridgehead atoms. The van der Waals surface area contributed by atoms with Gasteiger partial charge in [0.05, 0.1) is 18.7 Å². The Bertz CT molecular complexity index is 760. The zero-order chi connectivity index (χ0) is 16.7. The molecule has 0 amide bonds. The number of aromatic nitrogens is 1. The maximum absolute atomic E-state index is 11.2. The van der Waals surface area contributed by atoms with Crippen LogP contribution in [0.25, 0.3) is 10.9 Å². The minimum absolute atomic E-state index is 0.243. The van der Waals surface area contributed by atoms with Gasteiger partial charge in [-0.3, -0.25) is 4.98 Å². The molecule has 5 atom stereocenters. The molecule has 4 nitrogen and oxygen atoms in total. The average molecular weight is 324 g/mol. The zero-order valence-electron chi connectivity index (χ0n) is 14.1. The molecule has 0 spiro atoms. The smallest absolute Gasteiger partial charge is 0.119 e. The molecule has 3 aliphatic rings. The van der Waals surface area contributed by atoms with Gasteiger partial charge in [-0.15, -0.1) is 6.58 Å². The number of methoxy groups -OCH3 is 1. The molecule has 3 saturated heterocycles. The highest BCUT2D eigenvalue weighted by atomic mass is 16.5. The predicted octanol–water partition coefficient (Wildman–Crippen LogP) is 3.03. The highest BCUT2D eigenvalue weighted by Crippen LogP contribution is 2.44. The van der Waals surface area contributed by atoms with Gasteiger partial charge >= 0.3 is 0 Å². The van der Waals surface area contributed by atoms with Gasteiger partial charge in [0.25, 0.3) is 0 Å². The van der Waals surface area contributed by atoms with E-state index in [1.165, 1.54) is 0 Å². The number of hydrogen-bond donors (Lipinski definition) is 1. The summed E-state index contributed by atoms with van der Waals surface area (Å²) in [5.74, 6) is 2.03. The van der Waals surface area contributed by atoms with Crippen molar-refractivity contribution in [1.29, 1.82) is 0 Å². The number of rotatable bonds is 4. The maximum atomic E-state index is 11.2. The van der Waals surface area contributed by atoms with Crippen LogP contribution in [0.1, 0.15) is 18.1 Å². The van der Waals surface area contributed by atoms with Crippen LogP contribution in [0.15, 0.2) is 43.1 Å². The molecule has 5 rings (SSSR count). The second kappa shape index (κ2) is 6.19. The van der Waals surface area contributed by atoms with E-state index in [0.29, 0.717) is 11.8 Å². The molecule has 0 radical (unpaired) electrons. The third kappa shape index (κ3) is 2.50. The Balaban J connectivity index is 1.73. The van der Waals surface area contributed by atoms with Crippen molar-refractivity contribution in [3.63, 3.8) is 0 Å². The van der Waals surface area contributed by atoms with Gasteiger partial charge in [-0.2, -0.15) is 0 Å². The predicted molar refractivity (Wildman–Crippen MR) is 95.0 cm³/mol. The second-order valence-electron chi connectivity index (χ2n) is 7.00. The van der Waals surface area contributed by atoms with E-state index in [9.17, 15) is 5.11 Å². The number of fused-ring (bicyclic) bond motifs is 4. The van der Waals surface area contributed by atoms with Gasteiger partial charge < -0.3 is 14.7 Å². The second-order valence-corrected chi connectivity index (χ2v) is 7.00. The van der Waals surface area contributed by atoms with Crippen molar-refractivity contribution in [3.05, 3.63) is 48.7 Å². The molecule has 0 saturated carbocycles. The van der Waals surface area contributed by atoms with E-state index < -0.39 is 6.10 Å². The van der Waals surface area contributed by atoms with E-state index in [4.69, 9.17) is 4.74 Å². The average Bonchev–Trinajstić information content (AvgIpc) is 2.66. The summed E-state index contributed by atoms with van der Waals surface area (Å²) in [6.07, 6.45) is 4.52. The third-order valence-corrected chi connectivity index (χ3v) is 5.83. The highest BCUT2D eigenvalue weighted by Gasteiger charge is 2.43. The Labute approximate surface area is 142 Å². The first kappa shape index (κ1) is 15.6. The van der Waals surface area contributed by atoms with Crippen molar-refractivity contribution in [2.75, 3.05) is 26.7 Å². The van der Waals surface area contributed by atoms with Crippen LogP contribution in [0.4, 0.5) is 0 Å². The lowest BCUT2D eigenvalue weighted by molar-refractivity contribution is -0.0472. The molecule has 4 heteroatoms. The minimum Gasteiger partial charge on any atom is -0.497 e. The van der Waals surface area contributed by atoms with Crippen LogP contribution in [0.2, 0.25) is 0 Å². The standard InChI is InChI=1S/C20H24N2O2/c1-3-13-11-22-9-7-15(13)18(12-22)20(23)16-6-8-21-19-5-4-14(24-2)10-17(16)19/h3-6,8,10,13,15,18,20,23H,1,7,9,11-12H2,2H3/t13-,15-,18+,20-/m1/s1. The number of hydrogen-bond acceptors (Lipinski definition) is 4. The molecule has 1 aromatic heterocycles. The van der Waals surface area contributed by atoms with E-state index in [1.807, 2.05) is 24.3 Å². The fourth-order valence-electron chi connectivity index (χ4n) is 4.55. The van der Waals surface area contributed by atoms with Gasteiger partial charge in [0.2, 0.25) is 0 Å². The Morgan fingerprint density at radius 2 is 2.25 bits per heavy atom. The number of aliphatic hydroxyl groups excluding tert-OH is 1. The molecule has 126 valence electrons. The molecular weight excluding hydrogens is 300 g/mol. The summed E-state index contributed by atoms with van der Waals surface area (Å²) >= 11 is 0. The van der Waals surface area contributed by atoms with Crippen LogP contribution in [-0.2, 0) is 0 Å². The molecule has 3 fully saturated rings. The van der Waals surface area contributed by atoms with Crippen LogP contribution in [0.5, 0.6) is 5.75 Å². The number of nitrogens with zero attached hydrogens (tertiary/aromatic N) is 2. The zero-order valence-corrected chi connectivity index (χ0v) is 14.1. The van der Waals surface area contributed by atoms with Crippen molar-refractivity contribution in [1.82, 2.24) is 9.88 Å². The molecule has 3 aliphatic heterocycles.